The van der Waals surface area contributed by atoms with E-state index in [2.05, 4.69) is 26.3 Å². The number of rotatable bonds is 22. The molecule has 0 spiro atoms. The van der Waals surface area contributed by atoms with Crippen LogP contribution in [0.3, 0.4) is 0 Å². The zero-order chi connectivity index (χ0) is 44.1. The number of hydrogen-bond donors (Lipinski definition) is 10. The Balaban J connectivity index is 1.57. The first-order valence-corrected chi connectivity index (χ1v) is 19.7. The number of carboxylic acid groups (broad SMARTS) is 3. The highest BCUT2D eigenvalue weighted by Crippen LogP contribution is 2.24. The number of likely N-dealkylation sites (tertiary alicyclic amines) is 1. The molecule has 0 unspecified atom stereocenters. The van der Waals surface area contributed by atoms with Crippen molar-refractivity contribution in [1.82, 2.24) is 31.2 Å². The van der Waals surface area contributed by atoms with E-state index >= 15 is 0 Å². The number of aromatic amines is 1. The van der Waals surface area contributed by atoms with Crippen LogP contribution in [0, 0.1) is 5.92 Å². The van der Waals surface area contributed by atoms with E-state index in [9.17, 15) is 53.7 Å². The van der Waals surface area contributed by atoms with Crippen LogP contribution in [-0.4, -0.2) is 121 Å². The average molecular weight is 836 g/mol. The number of nitrogens with one attached hydrogen (secondary N) is 5. The summed E-state index contributed by atoms with van der Waals surface area (Å²) in [5, 5.41) is 49.1. The fourth-order valence-electron chi connectivity index (χ4n) is 7.03. The third-order valence-electron chi connectivity index (χ3n) is 10.2. The van der Waals surface area contributed by atoms with E-state index in [4.69, 9.17) is 10.8 Å². The molecule has 5 amide bonds. The Morgan fingerprint density at radius 2 is 1.38 bits per heavy atom. The number of nitrogens with zero attached hydrogens (tertiary/aromatic N) is 1. The lowest BCUT2D eigenvalue weighted by atomic mass is 10.0. The molecule has 19 nitrogen and oxygen atoms in total. The number of fused-ring (bicyclic) bond motifs is 1. The van der Waals surface area contributed by atoms with E-state index in [1.807, 2.05) is 18.2 Å². The van der Waals surface area contributed by atoms with Crippen molar-refractivity contribution in [3.63, 3.8) is 0 Å². The normalized spacial score (nSPS) is 16.3. The number of phenols is 1. The van der Waals surface area contributed by atoms with Crippen LogP contribution >= 0.6 is 0 Å². The smallest absolute Gasteiger partial charge is 0.326 e. The fraction of sp³-hybridized carbons (Fsp3) is 0.463. The van der Waals surface area contributed by atoms with Gasteiger partial charge in [-0.05, 0) is 67.3 Å². The van der Waals surface area contributed by atoms with Crippen LogP contribution in [0.15, 0.2) is 54.7 Å². The minimum absolute atomic E-state index is 0.0287. The number of benzene rings is 2. The van der Waals surface area contributed by atoms with Crippen molar-refractivity contribution in [1.29, 1.82) is 0 Å². The Morgan fingerprint density at radius 1 is 0.767 bits per heavy atom. The van der Waals surface area contributed by atoms with E-state index < -0.39 is 96.5 Å². The second-order valence-electron chi connectivity index (χ2n) is 15.3. The summed E-state index contributed by atoms with van der Waals surface area (Å²) in [5.41, 5.74) is 7.90. The number of nitrogens with two attached hydrogens (primary N) is 1. The first-order chi connectivity index (χ1) is 28.4. The SMILES string of the molecule is CC(C)C[C@H](NC(=O)[C@H](Cc1ccc(O)cc1)NC(=O)[C@H](CCC(=O)O)NC(=O)[C@@H]1CCCN1C(=O)[C@H](Cc1c[nH]c2ccccc12)NC(=O)[C@@H](N)CCC(=O)O)C(=O)O. The minimum atomic E-state index is -1.53. The van der Waals surface area contributed by atoms with Gasteiger partial charge < -0.3 is 57.3 Å². The monoisotopic (exact) mass is 835 g/mol. The van der Waals surface area contributed by atoms with Crippen LogP contribution in [0.5, 0.6) is 5.75 Å². The van der Waals surface area contributed by atoms with Gasteiger partial charge in [0.05, 0.1) is 6.04 Å². The predicted molar refractivity (Wildman–Crippen MR) is 215 cm³/mol. The summed E-state index contributed by atoms with van der Waals surface area (Å²) in [6.07, 6.45) is 0.507. The number of aromatic hydroxyl groups is 1. The Bertz CT molecular complexity index is 2030. The molecule has 0 saturated carbocycles. The summed E-state index contributed by atoms with van der Waals surface area (Å²) in [6, 6.07) is 5.10. The summed E-state index contributed by atoms with van der Waals surface area (Å²) in [7, 11) is 0. The molecule has 60 heavy (non-hydrogen) atoms. The molecule has 1 aliphatic rings. The van der Waals surface area contributed by atoms with Crippen molar-refractivity contribution in [3.8, 4) is 5.75 Å². The number of carboxylic acids is 3. The molecule has 1 saturated heterocycles. The van der Waals surface area contributed by atoms with Crippen molar-refractivity contribution in [3.05, 3.63) is 65.9 Å². The molecule has 6 atom stereocenters. The van der Waals surface area contributed by atoms with E-state index in [1.54, 1.807) is 26.1 Å². The molecule has 2 heterocycles. The lowest BCUT2D eigenvalue weighted by molar-refractivity contribution is -0.143. The zero-order valence-corrected chi connectivity index (χ0v) is 33.4. The van der Waals surface area contributed by atoms with E-state index in [0.717, 1.165) is 10.9 Å². The largest absolute Gasteiger partial charge is 0.508 e. The molecule has 4 rings (SSSR count). The number of carbonyl (C=O) groups excluding carboxylic acids is 5. The highest BCUT2D eigenvalue weighted by Gasteiger charge is 2.40. The van der Waals surface area contributed by atoms with Gasteiger partial charge in [-0.2, -0.15) is 0 Å². The van der Waals surface area contributed by atoms with Gasteiger partial charge in [-0.1, -0.05) is 44.2 Å². The van der Waals surface area contributed by atoms with Gasteiger partial charge in [0.2, 0.25) is 29.5 Å². The van der Waals surface area contributed by atoms with Crippen LogP contribution in [0.1, 0.15) is 69.9 Å². The molecule has 3 aromatic rings. The standard InChI is InChI=1S/C41H53N7O12/c1-22(2)18-32(41(59)60)47-38(56)30(19-23-9-11-25(49)12-10-23)45-37(55)29(14-16-35(52)53)44-39(57)33-8-5-17-48(33)40(58)31(46-36(54)27(42)13-15-34(50)51)20-24-21-43-28-7-4-3-6-26(24)28/h3-4,6-7,9-12,21-22,27,29-33,43,49H,5,8,13-20,42H2,1-2H3,(H,44,57)(H,45,55)(H,46,54)(H,47,56)(H,50,51)(H,52,53)(H,59,60)/t27-,29-,30-,31-,32-,33-/m0/s1. The molecule has 1 aromatic heterocycles. The van der Waals surface area contributed by atoms with Gasteiger partial charge in [-0.25, -0.2) is 4.79 Å². The number of aliphatic carboxylic acids is 3. The lowest BCUT2D eigenvalue weighted by Gasteiger charge is -2.30. The topological polar surface area (TPSA) is 311 Å². The Kier molecular flexibility index (Phi) is 16.5. The van der Waals surface area contributed by atoms with E-state index in [1.165, 1.54) is 29.2 Å². The molecule has 324 valence electrons. The Morgan fingerprint density at radius 3 is 2.03 bits per heavy atom. The van der Waals surface area contributed by atoms with Gasteiger partial charge in [-0.15, -0.1) is 0 Å². The highest BCUT2D eigenvalue weighted by atomic mass is 16.4. The fourth-order valence-corrected chi connectivity index (χ4v) is 7.03. The van der Waals surface area contributed by atoms with Crippen LogP contribution < -0.4 is 27.0 Å². The maximum absolute atomic E-state index is 14.3. The number of aromatic nitrogens is 1. The highest BCUT2D eigenvalue weighted by molar-refractivity contribution is 5.97. The molecule has 0 aliphatic carbocycles. The predicted octanol–water partition coefficient (Wildman–Crippen LogP) is 0.777. The average Bonchev–Trinajstić information content (AvgIpc) is 3.86. The third-order valence-corrected chi connectivity index (χ3v) is 10.2. The van der Waals surface area contributed by atoms with Gasteiger partial charge in [-0.3, -0.25) is 33.6 Å². The molecule has 19 heteroatoms. The summed E-state index contributed by atoms with van der Waals surface area (Å²) in [4.78, 5) is 108. The maximum Gasteiger partial charge on any atom is 0.326 e. The van der Waals surface area contributed by atoms with E-state index in [0.29, 0.717) is 17.5 Å². The van der Waals surface area contributed by atoms with Crippen LogP contribution in [0.4, 0.5) is 0 Å². The van der Waals surface area contributed by atoms with Crippen molar-refractivity contribution in [2.45, 2.75) is 108 Å². The van der Waals surface area contributed by atoms with Gasteiger partial charge in [0.1, 0.15) is 36.0 Å². The third kappa shape index (κ3) is 13.3. The van der Waals surface area contributed by atoms with E-state index in [-0.39, 0.29) is 56.7 Å². The Hall–Kier alpha value is -6.50. The molecule has 11 N–H and O–H groups in total. The van der Waals surface area contributed by atoms with Gasteiger partial charge in [0, 0.05) is 49.3 Å². The number of carbonyl (C=O) groups is 8. The lowest BCUT2D eigenvalue weighted by Crippen LogP contribution is -2.59. The molecule has 1 fully saturated rings. The van der Waals surface area contributed by atoms with Crippen molar-refractivity contribution >= 4 is 58.3 Å². The quantitative estimate of drug-likeness (QED) is 0.0670. The molecular weight excluding hydrogens is 782 g/mol. The molecule has 0 bridgehead atoms. The van der Waals surface area contributed by atoms with Crippen molar-refractivity contribution in [2.75, 3.05) is 6.54 Å². The minimum Gasteiger partial charge on any atom is -0.508 e. The van der Waals surface area contributed by atoms with Gasteiger partial charge in [0.25, 0.3) is 0 Å². The summed E-state index contributed by atoms with van der Waals surface area (Å²) in [6.45, 7) is 3.63. The Labute approximate surface area is 345 Å². The van der Waals surface area contributed by atoms with Crippen LogP contribution in [0.2, 0.25) is 0 Å². The summed E-state index contributed by atoms with van der Waals surface area (Å²) < 4.78 is 0. The van der Waals surface area contributed by atoms with Crippen LogP contribution in [-0.2, 0) is 51.2 Å². The second kappa shape index (κ2) is 21.5. The van der Waals surface area contributed by atoms with Crippen LogP contribution in [0.25, 0.3) is 10.9 Å². The summed E-state index contributed by atoms with van der Waals surface area (Å²) >= 11 is 0. The number of phenolic OH excluding ortho intramolecular Hbond substituents is 1. The first-order valence-electron chi connectivity index (χ1n) is 19.7. The first kappa shape index (κ1) is 46.2. The zero-order valence-electron chi connectivity index (χ0n) is 33.4. The summed E-state index contributed by atoms with van der Waals surface area (Å²) in [5.74, 6) is -7.94. The maximum atomic E-state index is 14.3. The van der Waals surface area contributed by atoms with Crippen molar-refractivity contribution in [2.24, 2.45) is 11.7 Å². The van der Waals surface area contributed by atoms with Gasteiger partial charge >= 0.3 is 17.9 Å². The number of hydrogen-bond acceptors (Lipinski definition) is 10. The number of H-pyrrole nitrogens is 1. The molecule has 0 radical (unpaired) electrons. The van der Waals surface area contributed by atoms with Crippen molar-refractivity contribution < 1.29 is 58.8 Å². The number of amides is 5. The molecular formula is C41H53N7O12. The van der Waals surface area contributed by atoms with Gasteiger partial charge in [0.15, 0.2) is 0 Å². The number of para-hydroxylation sites is 1. The molecule has 2 aromatic carbocycles. The second-order valence-corrected chi connectivity index (χ2v) is 15.3. The molecule has 1 aliphatic heterocycles.